The van der Waals surface area contributed by atoms with Gasteiger partial charge >= 0.3 is 0 Å². The third-order valence-electron chi connectivity index (χ3n) is 5.98. The molecule has 0 bridgehead atoms. The number of nitrogens with two attached hydrogens (primary N) is 1. The molecule has 1 aromatic rings. The molecule has 5 heteroatoms. The summed E-state index contributed by atoms with van der Waals surface area (Å²) in [5, 5.41) is 3.57. The van der Waals surface area contributed by atoms with Crippen LogP contribution in [0.5, 0.6) is 5.75 Å². The van der Waals surface area contributed by atoms with E-state index in [1.165, 1.54) is 44.9 Å². The molecule has 0 atom stereocenters. The van der Waals surface area contributed by atoms with E-state index >= 15 is 0 Å². The van der Waals surface area contributed by atoms with Gasteiger partial charge in [-0.2, -0.15) is 0 Å². The second-order valence-corrected chi connectivity index (χ2v) is 8.62. The number of nitrogens with one attached hydrogen (secondary N) is 1. The van der Waals surface area contributed by atoms with E-state index in [2.05, 4.69) is 5.32 Å². The van der Waals surface area contributed by atoms with Gasteiger partial charge in [-0.25, -0.2) is 0 Å². The Morgan fingerprint density at radius 3 is 2.28 bits per heavy atom. The topological polar surface area (TPSA) is 64.3 Å². The average Bonchev–Trinajstić information content (AvgIpc) is 2.64. The lowest BCUT2D eigenvalue weighted by atomic mass is 9.91. The van der Waals surface area contributed by atoms with E-state index in [9.17, 15) is 4.79 Å². The lowest BCUT2D eigenvalue weighted by Crippen LogP contribution is -2.32. The summed E-state index contributed by atoms with van der Waals surface area (Å²) in [7, 11) is 0. The van der Waals surface area contributed by atoms with Gasteiger partial charge in [0.15, 0.2) is 0 Å². The predicted octanol–water partition coefficient (Wildman–Crippen LogP) is 6.35. The molecule has 2 saturated carbocycles. The molecule has 3 N–H and O–H groups in total. The van der Waals surface area contributed by atoms with Crippen molar-refractivity contribution in [3.05, 3.63) is 28.8 Å². The number of carbonyl (C=O) groups excluding carboxylic acids is 1. The van der Waals surface area contributed by atoms with E-state index in [1.807, 2.05) is 6.07 Å². The van der Waals surface area contributed by atoms with E-state index in [0.29, 0.717) is 22.5 Å². The van der Waals surface area contributed by atoms with E-state index < -0.39 is 0 Å². The molecule has 0 radical (unpaired) electrons. The molecule has 166 valence electrons. The first kappa shape index (κ1) is 25.8. The van der Waals surface area contributed by atoms with Crippen LogP contribution in [-0.2, 0) is 0 Å². The van der Waals surface area contributed by atoms with Crippen LogP contribution in [0, 0.1) is 5.92 Å². The number of benzene rings is 1. The van der Waals surface area contributed by atoms with Crippen molar-refractivity contribution < 1.29 is 9.53 Å². The first-order chi connectivity index (χ1) is 13.1. The molecule has 2 aliphatic carbocycles. The number of hydrogen-bond acceptors (Lipinski definition) is 3. The van der Waals surface area contributed by atoms with Gasteiger partial charge in [0.1, 0.15) is 5.75 Å². The minimum atomic E-state index is -0.0989. The zero-order valence-electron chi connectivity index (χ0n) is 16.2. The van der Waals surface area contributed by atoms with Crippen LogP contribution in [0.3, 0.4) is 0 Å². The van der Waals surface area contributed by atoms with Crippen molar-refractivity contribution in [2.24, 2.45) is 11.7 Å². The highest BCUT2D eigenvalue weighted by Gasteiger charge is 2.21. The smallest absolute Gasteiger partial charge is 0.252 e. The summed E-state index contributed by atoms with van der Waals surface area (Å²) in [4.78, 5) is 12.7. The number of halogens is 1. The van der Waals surface area contributed by atoms with E-state index in [0.717, 1.165) is 38.0 Å². The first-order valence-corrected chi connectivity index (χ1v) is 11.0. The van der Waals surface area contributed by atoms with Crippen molar-refractivity contribution in [2.75, 3.05) is 6.54 Å². The Kier molecular flexibility index (Phi) is 11.7. The molecule has 2 fully saturated rings. The van der Waals surface area contributed by atoms with Crippen LogP contribution in [0.2, 0.25) is 5.02 Å². The molecule has 0 spiro atoms. The van der Waals surface area contributed by atoms with E-state index in [4.69, 9.17) is 22.1 Å². The van der Waals surface area contributed by atoms with Crippen LogP contribution in [0.15, 0.2) is 18.2 Å². The molecule has 1 amide bonds. The molecule has 0 aromatic heterocycles. The Balaban J connectivity index is 0.00000210. The molecule has 29 heavy (non-hydrogen) atoms. The Morgan fingerprint density at radius 2 is 1.62 bits per heavy atom. The molecule has 0 saturated heterocycles. The number of ether oxygens (including phenoxy) is 1. The van der Waals surface area contributed by atoms with Crippen molar-refractivity contribution in [2.45, 2.75) is 97.6 Å². The van der Waals surface area contributed by atoms with Crippen LogP contribution < -0.4 is 15.8 Å². The van der Waals surface area contributed by atoms with Gasteiger partial charge in [-0.3, -0.25) is 4.79 Å². The molecule has 0 heterocycles. The second kappa shape index (κ2) is 13.1. The van der Waals surface area contributed by atoms with Crippen LogP contribution in [0.4, 0.5) is 0 Å². The van der Waals surface area contributed by atoms with Crippen LogP contribution >= 0.6 is 11.6 Å². The normalized spacial score (nSPS) is 23.0. The summed E-state index contributed by atoms with van der Waals surface area (Å²) < 4.78 is 6.08. The molecular formula is C24H41ClN2O2. The van der Waals surface area contributed by atoms with E-state index in [1.54, 1.807) is 12.1 Å². The van der Waals surface area contributed by atoms with Crippen LogP contribution in [0.25, 0.3) is 0 Å². The van der Waals surface area contributed by atoms with Gasteiger partial charge in [-0.15, -0.1) is 0 Å². The number of amides is 1. The summed E-state index contributed by atoms with van der Waals surface area (Å²) >= 11 is 6.29. The van der Waals surface area contributed by atoms with Crippen LogP contribution in [-0.4, -0.2) is 24.6 Å². The fourth-order valence-electron chi connectivity index (χ4n) is 4.23. The third kappa shape index (κ3) is 8.18. The van der Waals surface area contributed by atoms with Gasteiger partial charge < -0.3 is 15.8 Å². The lowest BCUT2D eigenvalue weighted by Gasteiger charge is -2.27. The van der Waals surface area contributed by atoms with Crippen molar-refractivity contribution in [1.82, 2.24) is 5.32 Å². The molecule has 0 unspecified atom stereocenters. The maximum absolute atomic E-state index is 12.7. The zero-order valence-corrected chi connectivity index (χ0v) is 17.0. The van der Waals surface area contributed by atoms with Crippen molar-refractivity contribution in [3.8, 4) is 5.75 Å². The van der Waals surface area contributed by atoms with Gasteiger partial charge in [-0.05, 0) is 62.6 Å². The highest BCUT2D eigenvalue weighted by molar-refractivity contribution is 6.33. The zero-order chi connectivity index (χ0) is 19.1. The maximum atomic E-state index is 12.7. The highest BCUT2D eigenvalue weighted by atomic mass is 35.5. The molecule has 1 aromatic carbocycles. The van der Waals surface area contributed by atoms with Crippen molar-refractivity contribution in [3.63, 3.8) is 0 Å². The highest BCUT2D eigenvalue weighted by Crippen LogP contribution is 2.27. The van der Waals surface area contributed by atoms with Crippen molar-refractivity contribution >= 4 is 17.5 Å². The van der Waals surface area contributed by atoms with Gasteiger partial charge in [0.25, 0.3) is 5.91 Å². The quantitative estimate of drug-likeness (QED) is 0.578. The Morgan fingerprint density at radius 1 is 1.00 bits per heavy atom. The van der Waals surface area contributed by atoms with Gasteiger partial charge in [0.2, 0.25) is 0 Å². The predicted molar refractivity (Wildman–Crippen MR) is 124 cm³/mol. The molecular weight excluding hydrogens is 384 g/mol. The van der Waals surface area contributed by atoms with Gasteiger partial charge in [0.05, 0.1) is 16.7 Å². The summed E-state index contributed by atoms with van der Waals surface area (Å²) in [6.45, 7) is 0.737. The van der Waals surface area contributed by atoms with E-state index in [-0.39, 0.29) is 26.9 Å². The minimum absolute atomic E-state index is 0. The number of hydrogen-bond donors (Lipinski definition) is 2. The van der Waals surface area contributed by atoms with Gasteiger partial charge in [0, 0.05) is 12.6 Å². The fourth-order valence-corrected chi connectivity index (χ4v) is 4.43. The average molecular weight is 425 g/mol. The van der Waals surface area contributed by atoms with Gasteiger partial charge in [-0.1, -0.05) is 58.6 Å². The van der Waals surface area contributed by atoms with Crippen molar-refractivity contribution in [1.29, 1.82) is 0 Å². The molecule has 4 nitrogen and oxygen atoms in total. The Bertz CT molecular complexity index is 607. The minimum Gasteiger partial charge on any atom is -0.490 e. The third-order valence-corrected chi connectivity index (χ3v) is 6.31. The van der Waals surface area contributed by atoms with Crippen LogP contribution in [0.1, 0.15) is 95.8 Å². The molecule has 0 aliphatic heterocycles. The summed E-state index contributed by atoms with van der Waals surface area (Å²) in [5.74, 6) is 1.20. The Labute approximate surface area is 182 Å². The second-order valence-electron chi connectivity index (χ2n) is 8.22. The number of rotatable bonds is 5. The maximum Gasteiger partial charge on any atom is 0.252 e. The first-order valence-electron chi connectivity index (χ1n) is 10.6. The fraction of sp³-hybridized carbons (Fsp3) is 0.708. The molecule has 3 rings (SSSR count). The summed E-state index contributed by atoms with van der Waals surface area (Å²) in [6, 6.07) is 5.69. The Hall–Kier alpha value is -1.26. The summed E-state index contributed by atoms with van der Waals surface area (Å²) in [6.07, 6.45) is 13.1. The molecule has 2 aliphatic rings. The largest absolute Gasteiger partial charge is 0.490 e. The summed E-state index contributed by atoms with van der Waals surface area (Å²) in [5.41, 5.74) is 6.47. The lowest BCUT2D eigenvalue weighted by molar-refractivity contribution is 0.0943. The standard InChI is InChI=1S/C22H33ClN2O2.2CH4/c23-21-13-12-19(27-18-10-8-17(24)9-11-18)14-20(21)22(26)25-15-16-6-4-2-1-3-5-7-16;;/h12-14,16-18H,1-11,15,24H2,(H,25,26);2*1H4. The monoisotopic (exact) mass is 424 g/mol. The number of carbonyl (C=O) groups is 1. The SMILES string of the molecule is C.C.NC1CCC(Oc2ccc(Cl)c(C(=O)NCC3CCCCCCC3)c2)CC1.